The van der Waals surface area contributed by atoms with Gasteiger partial charge in [-0.25, -0.2) is 0 Å². The topological polar surface area (TPSA) is 49.3 Å². The molecule has 2 aliphatic rings. The van der Waals surface area contributed by atoms with E-state index < -0.39 is 5.97 Å². The summed E-state index contributed by atoms with van der Waals surface area (Å²) in [5.74, 6) is -0.700. The molecule has 1 unspecified atom stereocenters. The third kappa shape index (κ3) is 3.25. The Kier molecular flexibility index (Phi) is 4.31. The molecular formula is C15H27NO2. The van der Waals surface area contributed by atoms with Gasteiger partial charge in [0.25, 0.3) is 0 Å². The van der Waals surface area contributed by atoms with Gasteiger partial charge in [0.1, 0.15) is 0 Å². The van der Waals surface area contributed by atoms with E-state index in [0.717, 1.165) is 25.7 Å². The molecule has 1 atom stereocenters. The summed E-state index contributed by atoms with van der Waals surface area (Å²) in [6.07, 6.45) is 9.05. The molecular weight excluding hydrogens is 226 g/mol. The molecule has 2 saturated carbocycles. The van der Waals surface area contributed by atoms with Gasteiger partial charge in [0, 0.05) is 12.1 Å². The summed E-state index contributed by atoms with van der Waals surface area (Å²) in [5.41, 5.74) is 0.405. The van der Waals surface area contributed by atoms with Crippen molar-refractivity contribution in [3.8, 4) is 0 Å². The quantitative estimate of drug-likeness (QED) is 0.812. The fraction of sp³-hybridized carbons (Fsp3) is 0.933. The summed E-state index contributed by atoms with van der Waals surface area (Å²) in [4.78, 5) is 10.9. The van der Waals surface area contributed by atoms with Crippen LogP contribution in [-0.4, -0.2) is 23.2 Å². The van der Waals surface area contributed by atoms with Crippen LogP contribution < -0.4 is 5.32 Å². The number of rotatable bonds is 3. The van der Waals surface area contributed by atoms with Crippen LogP contribution in [0.25, 0.3) is 0 Å². The maximum absolute atomic E-state index is 10.9. The average Bonchev–Trinajstić information content (AvgIpc) is 2.32. The first-order chi connectivity index (χ1) is 8.49. The molecule has 0 aromatic carbocycles. The second-order valence-corrected chi connectivity index (χ2v) is 6.84. The van der Waals surface area contributed by atoms with Gasteiger partial charge in [-0.05, 0) is 43.9 Å². The lowest BCUT2D eigenvalue weighted by Gasteiger charge is -2.42. The molecule has 0 radical (unpaired) electrons. The maximum atomic E-state index is 10.9. The van der Waals surface area contributed by atoms with E-state index in [-0.39, 0.29) is 5.92 Å². The fourth-order valence-electron chi connectivity index (χ4n) is 3.59. The van der Waals surface area contributed by atoms with Crippen LogP contribution in [0.5, 0.6) is 0 Å². The zero-order chi connectivity index (χ0) is 13.2. The van der Waals surface area contributed by atoms with Crippen LogP contribution in [0.15, 0.2) is 0 Å². The van der Waals surface area contributed by atoms with Crippen LogP contribution in [-0.2, 0) is 4.79 Å². The van der Waals surface area contributed by atoms with Crippen molar-refractivity contribution in [1.82, 2.24) is 5.32 Å². The summed E-state index contributed by atoms with van der Waals surface area (Å²) in [6.45, 7) is 4.74. The zero-order valence-electron chi connectivity index (χ0n) is 11.7. The normalized spacial score (nSPS) is 36.2. The lowest BCUT2D eigenvalue weighted by atomic mass is 9.72. The van der Waals surface area contributed by atoms with Gasteiger partial charge in [-0.2, -0.15) is 0 Å². The van der Waals surface area contributed by atoms with Gasteiger partial charge in [-0.1, -0.05) is 26.7 Å². The van der Waals surface area contributed by atoms with E-state index in [1.54, 1.807) is 0 Å². The van der Waals surface area contributed by atoms with E-state index in [4.69, 9.17) is 5.11 Å². The summed E-state index contributed by atoms with van der Waals surface area (Å²) < 4.78 is 0. The van der Waals surface area contributed by atoms with Crippen LogP contribution in [0.3, 0.4) is 0 Å². The van der Waals surface area contributed by atoms with E-state index >= 15 is 0 Å². The van der Waals surface area contributed by atoms with Crippen LogP contribution >= 0.6 is 0 Å². The Hall–Kier alpha value is -0.570. The van der Waals surface area contributed by atoms with Crippen molar-refractivity contribution in [2.45, 2.75) is 77.3 Å². The third-order valence-corrected chi connectivity index (χ3v) is 5.02. The van der Waals surface area contributed by atoms with E-state index in [1.165, 1.54) is 25.7 Å². The molecule has 0 saturated heterocycles. The first-order valence-corrected chi connectivity index (χ1v) is 7.48. The minimum absolute atomic E-state index is 0.0950. The molecule has 0 bridgehead atoms. The van der Waals surface area contributed by atoms with Gasteiger partial charge in [-0.15, -0.1) is 0 Å². The van der Waals surface area contributed by atoms with Crippen molar-refractivity contribution in [1.29, 1.82) is 0 Å². The number of nitrogens with one attached hydrogen (secondary N) is 1. The molecule has 2 rings (SSSR count). The van der Waals surface area contributed by atoms with Gasteiger partial charge < -0.3 is 10.4 Å². The van der Waals surface area contributed by atoms with Crippen LogP contribution in [0.2, 0.25) is 0 Å². The van der Waals surface area contributed by atoms with Crippen molar-refractivity contribution in [3.05, 3.63) is 0 Å². The van der Waals surface area contributed by atoms with E-state index in [0.29, 0.717) is 17.5 Å². The summed E-state index contributed by atoms with van der Waals surface area (Å²) in [5, 5.41) is 12.8. The van der Waals surface area contributed by atoms with Crippen molar-refractivity contribution in [3.63, 3.8) is 0 Å². The second kappa shape index (κ2) is 5.60. The maximum Gasteiger partial charge on any atom is 0.306 e. The lowest BCUT2D eigenvalue weighted by Crippen LogP contribution is -2.49. The molecule has 104 valence electrons. The van der Waals surface area contributed by atoms with Crippen molar-refractivity contribution >= 4 is 5.97 Å². The van der Waals surface area contributed by atoms with Gasteiger partial charge in [-0.3, -0.25) is 4.79 Å². The molecule has 2 fully saturated rings. The Morgan fingerprint density at radius 2 is 1.78 bits per heavy atom. The number of carboxylic acids is 1. The highest BCUT2D eigenvalue weighted by molar-refractivity contribution is 5.70. The van der Waals surface area contributed by atoms with Crippen molar-refractivity contribution in [2.24, 2.45) is 11.3 Å². The molecule has 18 heavy (non-hydrogen) atoms. The largest absolute Gasteiger partial charge is 0.481 e. The highest BCUT2D eigenvalue weighted by Crippen LogP contribution is 2.36. The minimum Gasteiger partial charge on any atom is -0.481 e. The molecule has 3 nitrogen and oxygen atoms in total. The predicted molar refractivity (Wildman–Crippen MR) is 72.6 cm³/mol. The minimum atomic E-state index is -0.605. The zero-order valence-corrected chi connectivity index (χ0v) is 11.7. The molecule has 3 heteroatoms. The molecule has 2 N–H and O–H groups in total. The lowest BCUT2D eigenvalue weighted by molar-refractivity contribution is -0.142. The highest BCUT2D eigenvalue weighted by Gasteiger charge is 2.34. The van der Waals surface area contributed by atoms with Crippen molar-refractivity contribution < 1.29 is 9.90 Å². The van der Waals surface area contributed by atoms with Crippen LogP contribution in [0, 0.1) is 11.3 Å². The molecule has 0 aliphatic heterocycles. The number of hydrogen-bond donors (Lipinski definition) is 2. The highest BCUT2D eigenvalue weighted by atomic mass is 16.4. The number of carbonyl (C=O) groups is 1. The molecule has 2 aliphatic carbocycles. The fourth-order valence-corrected chi connectivity index (χ4v) is 3.59. The molecule has 0 spiro atoms. The number of carboxylic acid groups (broad SMARTS) is 1. The second-order valence-electron chi connectivity index (χ2n) is 6.84. The summed E-state index contributed by atoms with van der Waals surface area (Å²) in [6, 6.07) is 1.17. The van der Waals surface area contributed by atoms with Crippen molar-refractivity contribution in [2.75, 3.05) is 0 Å². The van der Waals surface area contributed by atoms with E-state index in [9.17, 15) is 4.79 Å². The summed E-state index contributed by atoms with van der Waals surface area (Å²) in [7, 11) is 0. The standard InChI is InChI=1S/C15H27NO2/c1-15(2)10-4-3-5-13(15)16-12-8-6-11(7-9-12)14(17)18/h11-13,16H,3-10H2,1-2H3,(H,17,18). The van der Waals surface area contributed by atoms with Gasteiger partial charge in [0.05, 0.1) is 5.92 Å². The first-order valence-electron chi connectivity index (χ1n) is 7.48. The Labute approximate surface area is 110 Å². The number of hydrogen-bond acceptors (Lipinski definition) is 2. The molecule has 0 amide bonds. The SMILES string of the molecule is CC1(C)CCCCC1NC1CCC(C(=O)O)CC1. The van der Waals surface area contributed by atoms with E-state index in [1.807, 2.05) is 0 Å². The number of aliphatic carboxylic acids is 1. The smallest absolute Gasteiger partial charge is 0.306 e. The van der Waals surface area contributed by atoms with Gasteiger partial charge in [0.15, 0.2) is 0 Å². The first kappa shape index (κ1) is 13.9. The van der Waals surface area contributed by atoms with Crippen LogP contribution in [0.1, 0.15) is 65.2 Å². The average molecular weight is 253 g/mol. The third-order valence-electron chi connectivity index (χ3n) is 5.02. The van der Waals surface area contributed by atoms with Gasteiger partial charge >= 0.3 is 5.97 Å². The Morgan fingerprint density at radius 3 is 2.33 bits per heavy atom. The molecule has 0 aromatic rings. The summed E-state index contributed by atoms with van der Waals surface area (Å²) >= 11 is 0. The molecule has 0 aromatic heterocycles. The van der Waals surface area contributed by atoms with Crippen LogP contribution in [0.4, 0.5) is 0 Å². The monoisotopic (exact) mass is 253 g/mol. The predicted octanol–water partition coefficient (Wildman–Crippen LogP) is 3.19. The Bertz CT molecular complexity index is 293. The Balaban J connectivity index is 1.82. The van der Waals surface area contributed by atoms with Gasteiger partial charge in [0.2, 0.25) is 0 Å². The van der Waals surface area contributed by atoms with E-state index in [2.05, 4.69) is 19.2 Å². The molecule has 0 heterocycles. The Morgan fingerprint density at radius 1 is 1.11 bits per heavy atom.